The fourth-order valence-corrected chi connectivity index (χ4v) is 2.13. The zero-order valence-corrected chi connectivity index (χ0v) is 7.24. The van der Waals surface area contributed by atoms with Crippen LogP contribution in [0.5, 0.6) is 0 Å². The number of carboxylic acids is 1. The molecule has 0 aliphatic carbocycles. The summed E-state index contributed by atoms with van der Waals surface area (Å²) in [6.07, 6.45) is 1.25. The molecule has 0 aromatic carbocycles. The van der Waals surface area contributed by atoms with Gasteiger partial charge in [0.2, 0.25) is 0 Å². The first-order valence-electron chi connectivity index (χ1n) is 3.35. The first kappa shape index (κ1) is 9.72. The fraction of sp³-hybridized carbons (Fsp3) is 0.333. The van der Waals surface area contributed by atoms with Crippen molar-refractivity contribution in [1.29, 1.82) is 0 Å². The molecule has 7 heteroatoms. The van der Waals surface area contributed by atoms with E-state index in [0.29, 0.717) is 0 Å². The van der Waals surface area contributed by atoms with Gasteiger partial charge in [-0.2, -0.15) is 0 Å². The molecule has 72 valence electrons. The third-order valence-electron chi connectivity index (χ3n) is 1.44. The summed E-state index contributed by atoms with van der Waals surface area (Å²) in [5.74, 6) is -3.10. The molecule has 0 saturated carbocycles. The summed E-state index contributed by atoms with van der Waals surface area (Å²) in [5.41, 5.74) is 0. The minimum atomic E-state index is -3.25. The van der Waals surface area contributed by atoms with Crippen LogP contribution in [0.1, 0.15) is 0 Å². The molecule has 2 N–H and O–H groups in total. The molecular weight excluding hydrogens is 198 g/mol. The third-order valence-corrected chi connectivity index (χ3v) is 2.84. The second-order valence-electron chi connectivity index (χ2n) is 2.54. The van der Waals surface area contributed by atoms with E-state index in [1.165, 1.54) is 6.08 Å². The van der Waals surface area contributed by atoms with Gasteiger partial charge in [-0.3, -0.25) is 4.79 Å². The number of amides is 1. The number of sulfone groups is 1. The summed E-state index contributed by atoms with van der Waals surface area (Å²) in [6, 6.07) is -0.728. The number of rotatable bonds is 1. The SMILES string of the molecule is O=C(O)C(=O)NC1C=CS(=O)(=O)C1. The molecule has 0 radical (unpaired) electrons. The van der Waals surface area contributed by atoms with Crippen molar-refractivity contribution in [3.63, 3.8) is 0 Å². The Balaban J connectivity index is 2.57. The topological polar surface area (TPSA) is 101 Å². The van der Waals surface area contributed by atoms with Crippen LogP contribution in [0.25, 0.3) is 0 Å². The van der Waals surface area contributed by atoms with Gasteiger partial charge in [0.05, 0.1) is 11.8 Å². The molecule has 0 aromatic rings. The first-order valence-corrected chi connectivity index (χ1v) is 5.07. The number of carboxylic acid groups (broad SMARTS) is 1. The van der Waals surface area contributed by atoms with Crippen molar-refractivity contribution < 1.29 is 23.1 Å². The van der Waals surface area contributed by atoms with Crippen molar-refractivity contribution in [3.05, 3.63) is 11.5 Å². The van der Waals surface area contributed by atoms with Crippen molar-refractivity contribution in [3.8, 4) is 0 Å². The van der Waals surface area contributed by atoms with Gasteiger partial charge in [0.15, 0.2) is 9.84 Å². The second kappa shape index (κ2) is 3.17. The molecule has 1 rings (SSSR count). The molecule has 6 nitrogen and oxygen atoms in total. The van der Waals surface area contributed by atoms with E-state index in [0.717, 1.165) is 5.41 Å². The summed E-state index contributed by atoms with van der Waals surface area (Å²) in [6.45, 7) is 0. The lowest BCUT2D eigenvalue weighted by Crippen LogP contribution is -2.39. The highest BCUT2D eigenvalue weighted by Gasteiger charge is 2.24. The minimum Gasteiger partial charge on any atom is -0.474 e. The molecule has 0 spiro atoms. The zero-order chi connectivity index (χ0) is 10.1. The van der Waals surface area contributed by atoms with E-state index >= 15 is 0 Å². The number of hydrogen-bond acceptors (Lipinski definition) is 4. The van der Waals surface area contributed by atoms with Gasteiger partial charge < -0.3 is 10.4 Å². The Hall–Kier alpha value is -1.37. The molecule has 13 heavy (non-hydrogen) atoms. The van der Waals surface area contributed by atoms with Crippen molar-refractivity contribution >= 4 is 21.7 Å². The highest BCUT2D eigenvalue weighted by Crippen LogP contribution is 2.07. The maximum atomic E-state index is 10.8. The summed E-state index contributed by atoms with van der Waals surface area (Å²) < 4.78 is 21.6. The number of nitrogens with one attached hydrogen (secondary N) is 1. The number of aliphatic carboxylic acids is 1. The summed E-state index contributed by atoms with van der Waals surface area (Å²) in [5, 5.41) is 11.2. The zero-order valence-electron chi connectivity index (χ0n) is 6.43. The number of carbonyl (C=O) groups is 2. The van der Waals surface area contributed by atoms with Gasteiger partial charge in [0.1, 0.15) is 0 Å². The molecule has 0 fully saturated rings. The maximum absolute atomic E-state index is 10.8. The fourth-order valence-electron chi connectivity index (χ4n) is 0.896. The Morgan fingerprint density at radius 2 is 2.08 bits per heavy atom. The Morgan fingerprint density at radius 1 is 1.46 bits per heavy atom. The van der Waals surface area contributed by atoms with E-state index in [9.17, 15) is 18.0 Å². The van der Waals surface area contributed by atoms with Crippen LogP contribution in [0, 0.1) is 0 Å². The molecule has 1 unspecified atom stereocenters. The van der Waals surface area contributed by atoms with Gasteiger partial charge in [-0.15, -0.1) is 0 Å². The molecule has 1 amide bonds. The summed E-state index contributed by atoms with van der Waals surface area (Å²) in [4.78, 5) is 20.6. The molecule has 1 atom stereocenters. The molecule has 0 bridgehead atoms. The van der Waals surface area contributed by atoms with Gasteiger partial charge in [0, 0.05) is 5.41 Å². The summed E-state index contributed by atoms with van der Waals surface area (Å²) >= 11 is 0. The maximum Gasteiger partial charge on any atom is 0.394 e. The van der Waals surface area contributed by atoms with Crippen LogP contribution in [0.2, 0.25) is 0 Å². The van der Waals surface area contributed by atoms with Gasteiger partial charge in [-0.05, 0) is 6.08 Å². The van der Waals surface area contributed by atoms with Gasteiger partial charge in [0.25, 0.3) is 0 Å². The van der Waals surface area contributed by atoms with Crippen LogP contribution in [0.3, 0.4) is 0 Å². The Labute approximate surface area is 74.2 Å². The van der Waals surface area contributed by atoms with Crippen LogP contribution in [0.4, 0.5) is 0 Å². The van der Waals surface area contributed by atoms with Crippen molar-refractivity contribution in [1.82, 2.24) is 5.32 Å². The molecule has 0 aromatic heterocycles. The molecule has 1 aliphatic heterocycles. The Kier molecular flexibility index (Phi) is 2.37. The lowest BCUT2D eigenvalue weighted by Gasteiger charge is -2.05. The Bertz CT molecular complexity index is 368. The Morgan fingerprint density at radius 3 is 2.46 bits per heavy atom. The van der Waals surface area contributed by atoms with E-state index in [-0.39, 0.29) is 5.75 Å². The van der Waals surface area contributed by atoms with Crippen LogP contribution < -0.4 is 5.32 Å². The van der Waals surface area contributed by atoms with Crippen LogP contribution >= 0.6 is 0 Å². The smallest absolute Gasteiger partial charge is 0.394 e. The van der Waals surface area contributed by atoms with Crippen LogP contribution in [-0.2, 0) is 19.4 Å². The average molecular weight is 205 g/mol. The van der Waals surface area contributed by atoms with E-state index < -0.39 is 27.8 Å². The monoisotopic (exact) mass is 205 g/mol. The summed E-state index contributed by atoms with van der Waals surface area (Å²) in [7, 11) is -3.25. The van der Waals surface area contributed by atoms with Gasteiger partial charge in [-0.1, -0.05) is 0 Å². The number of carbonyl (C=O) groups excluding carboxylic acids is 1. The molecular formula is C6H7NO5S. The van der Waals surface area contributed by atoms with E-state index in [1.807, 2.05) is 5.32 Å². The standard InChI is InChI=1S/C6H7NO5S/c8-5(6(9)10)7-4-1-2-13(11,12)3-4/h1-2,4H,3H2,(H,7,8)(H,9,10). The highest BCUT2D eigenvalue weighted by atomic mass is 32.2. The van der Waals surface area contributed by atoms with Gasteiger partial charge in [-0.25, -0.2) is 13.2 Å². The number of hydrogen-bond donors (Lipinski definition) is 2. The van der Waals surface area contributed by atoms with Crippen molar-refractivity contribution in [2.75, 3.05) is 5.75 Å². The van der Waals surface area contributed by atoms with Crippen LogP contribution in [-0.4, -0.2) is 37.2 Å². The second-order valence-corrected chi connectivity index (χ2v) is 4.47. The largest absolute Gasteiger partial charge is 0.474 e. The normalized spacial score (nSPS) is 24.2. The van der Waals surface area contributed by atoms with E-state index in [2.05, 4.69) is 0 Å². The van der Waals surface area contributed by atoms with Gasteiger partial charge >= 0.3 is 11.9 Å². The quantitative estimate of drug-likeness (QED) is 0.507. The molecule has 1 heterocycles. The van der Waals surface area contributed by atoms with Crippen LogP contribution in [0.15, 0.2) is 11.5 Å². The predicted molar refractivity (Wildman–Crippen MR) is 42.5 cm³/mol. The highest BCUT2D eigenvalue weighted by molar-refractivity contribution is 7.94. The third kappa shape index (κ3) is 2.55. The van der Waals surface area contributed by atoms with Crippen molar-refractivity contribution in [2.45, 2.75) is 6.04 Å². The lowest BCUT2D eigenvalue weighted by atomic mass is 10.3. The molecule has 0 saturated heterocycles. The lowest BCUT2D eigenvalue weighted by molar-refractivity contribution is -0.150. The average Bonchev–Trinajstić information content (AvgIpc) is 2.30. The van der Waals surface area contributed by atoms with Crippen molar-refractivity contribution in [2.24, 2.45) is 0 Å². The minimum absolute atomic E-state index is 0.272. The predicted octanol–water partition coefficient (Wildman–Crippen LogP) is -1.50. The first-order chi connectivity index (χ1) is 5.91. The van der Waals surface area contributed by atoms with E-state index in [1.54, 1.807) is 0 Å². The molecule has 1 aliphatic rings. The van der Waals surface area contributed by atoms with E-state index in [4.69, 9.17) is 5.11 Å².